The monoisotopic (exact) mass is 454 g/mol. The summed E-state index contributed by atoms with van der Waals surface area (Å²) in [6, 6.07) is 13.0. The third-order valence-electron chi connectivity index (χ3n) is 5.90. The average Bonchev–Trinajstić information content (AvgIpc) is 3.25. The number of H-pyrrole nitrogens is 1. The lowest BCUT2D eigenvalue weighted by atomic mass is 9.95. The first kappa shape index (κ1) is 20.8. The van der Waals surface area contributed by atoms with Gasteiger partial charge < -0.3 is 9.88 Å². The van der Waals surface area contributed by atoms with Gasteiger partial charge in [-0.3, -0.25) is 4.90 Å². The maximum atomic E-state index is 13.6. The maximum absolute atomic E-state index is 13.6. The minimum atomic E-state index is -0.284. The van der Waals surface area contributed by atoms with Gasteiger partial charge in [0.25, 0.3) is 0 Å². The van der Waals surface area contributed by atoms with Gasteiger partial charge in [0.2, 0.25) is 5.28 Å². The molecule has 5 rings (SSSR count). The molecule has 1 unspecified atom stereocenters. The van der Waals surface area contributed by atoms with Gasteiger partial charge in [-0.1, -0.05) is 24.3 Å². The van der Waals surface area contributed by atoms with Crippen LogP contribution in [0.5, 0.6) is 0 Å². The number of aromatic amines is 1. The minimum Gasteiger partial charge on any atom is -0.349 e. The lowest BCUT2D eigenvalue weighted by molar-refractivity contribution is 0.187. The van der Waals surface area contributed by atoms with Gasteiger partial charge in [0.05, 0.1) is 12.4 Å². The van der Waals surface area contributed by atoms with Crippen molar-refractivity contribution in [3.63, 3.8) is 0 Å². The van der Waals surface area contributed by atoms with E-state index in [-0.39, 0.29) is 29.0 Å². The molecule has 3 heterocycles. The fraction of sp³-hybridized carbons (Fsp3) is 0.261. The smallest absolute Gasteiger partial charge is 0.226 e. The Kier molecular flexibility index (Phi) is 5.48. The van der Waals surface area contributed by atoms with Crippen molar-refractivity contribution in [3.05, 3.63) is 82.9 Å². The van der Waals surface area contributed by atoms with Gasteiger partial charge in [-0.2, -0.15) is 9.97 Å². The van der Waals surface area contributed by atoms with Gasteiger partial charge in [0.1, 0.15) is 11.6 Å². The number of halogens is 3. The van der Waals surface area contributed by atoms with E-state index in [1.54, 1.807) is 30.6 Å². The third kappa shape index (κ3) is 3.91. The van der Waals surface area contributed by atoms with Crippen LogP contribution in [0, 0.1) is 11.6 Å². The molecule has 1 aliphatic rings. The zero-order valence-electron chi connectivity index (χ0n) is 17.3. The van der Waals surface area contributed by atoms with Crippen molar-refractivity contribution in [1.29, 1.82) is 0 Å². The maximum Gasteiger partial charge on any atom is 0.226 e. The number of aromatic nitrogens is 4. The van der Waals surface area contributed by atoms with Crippen LogP contribution in [0.15, 0.2) is 54.9 Å². The summed E-state index contributed by atoms with van der Waals surface area (Å²) >= 11 is 6.14. The molecule has 0 aliphatic carbocycles. The van der Waals surface area contributed by atoms with E-state index in [0.29, 0.717) is 30.1 Å². The molecule has 0 spiro atoms. The quantitative estimate of drug-likeness (QED) is 0.457. The number of nitrogens with zero attached hydrogens (tertiary/aromatic N) is 5. The molecule has 0 saturated carbocycles. The Hall–Kier alpha value is -3.10. The standard InChI is InChI=1S/C23H21ClF2N6/c1-14-12-31(10-11-32(14)22-19-21(28-13-27-19)29-23(24)30-22)20(15-2-6-17(25)7-3-15)16-4-8-18(26)9-5-16/h2-9,13-14,20H,10-12H2,1H3,(H,27,28,29,30). The summed E-state index contributed by atoms with van der Waals surface area (Å²) in [6.45, 7) is 4.24. The number of hydrogen-bond donors (Lipinski definition) is 1. The van der Waals surface area contributed by atoms with E-state index < -0.39 is 0 Å². The summed E-state index contributed by atoms with van der Waals surface area (Å²) in [4.78, 5) is 20.5. The van der Waals surface area contributed by atoms with E-state index >= 15 is 0 Å². The predicted molar refractivity (Wildman–Crippen MR) is 120 cm³/mol. The van der Waals surface area contributed by atoms with Crippen molar-refractivity contribution < 1.29 is 8.78 Å². The van der Waals surface area contributed by atoms with Gasteiger partial charge in [-0.25, -0.2) is 13.8 Å². The van der Waals surface area contributed by atoms with E-state index in [9.17, 15) is 8.78 Å². The molecule has 1 saturated heterocycles. The molecule has 1 N–H and O–H groups in total. The summed E-state index contributed by atoms with van der Waals surface area (Å²) in [5.74, 6) is 0.135. The van der Waals surface area contributed by atoms with E-state index in [4.69, 9.17) is 11.6 Å². The number of benzene rings is 2. The summed E-state index contributed by atoms with van der Waals surface area (Å²) in [7, 11) is 0. The van der Waals surface area contributed by atoms with Crippen molar-refractivity contribution in [2.24, 2.45) is 0 Å². The molecule has 9 heteroatoms. The molecule has 6 nitrogen and oxygen atoms in total. The summed E-state index contributed by atoms with van der Waals surface area (Å²) in [5.41, 5.74) is 3.20. The van der Waals surface area contributed by atoms with E-state index in [1.807, 2.05) is 0 Å². The molecule has 1 atom stereocenters. The van der Waals surface area contributed by atoms with E-state index in [0.717, 1.165) is 17.7 Å². The molecule has 32 heavy (non-hydrogen) atoms. The second kappa shape index (κ2) is 8.44. The number of anilines is 1. The van der Waals surface area contributed by atoms with Crippen LogP contribution in [0.4, 0.5) is 14.6 Å². The molecule has 1 fully saturated rings. The Labute approximate surface area is 188 Å². The zero-order chi connectivity index (χ0) is 22.2. The van der Waals surface area contributed by atoms with Crippen LogP contribution >= 0.6 is 11.6 Å². The molecule has 2 aromatic heterocycles. The predicted octanol–water partition coefficient (Wildman–Crippen LogP) is 4.58. The number of piperazine rings is 1. The molecule has 164 valence electrons. The lowest BCUT2D eigenvalue weighted by Gasteiger charge is -2.44. The Morgan fingerprint density at radius 2 is 1.59 bits per heavy atom. The molecule has 0 radical (unpaired) electrons. The van der Waals surface area contributed by atoms with Crippen LogP contribution in [-0.4, -0.2) is 50.5 Å². The Balaban J connectivity index is 1.46. The molecule has 0 bridgehead atoms. The van der Waals surface area contributed by atoms with Crippen molar-refractivity contribution in [3.8, 4) is 0 Å². The highest BCUT2D eigenvalue weighted by Crippen LogP contribution is 2.33. The normalized spacial score (nSPS) is 17.4. The third-order valence-corrected chi connectivity index (χ3v) is 6.07. The average molecular weight is 455 g/mol. The van der Waals surface area contributed by atoms with Crippen molar-refractivity contribution in [2.75, 3.05) is 24.5 Å². The SMILES string of the molecule is CC1CN(C(c2ccc(F)cc2)c2ccc(F)cc2)CCN1c1nc(Cl)nc2[nH]cnc12. The molecular formula is C23H21ClF2N6. The summed E-state index contributed by atoms with van der Waals surface area (Å²) < 4.78 is 27.2. The number of nitrogens with one attached hydrogen (secondary N) is 1. The van der Waals surface area contributed by atoms with Gasteiger partial charge >= 0.3 is 0 Å². The Morgan fingerprint density at radius 3 is 2.19 bits per heavy atom. The van der Waals surface area contributed by atoms with E-state index in [2.05, 4.69) is 36.7 Å². The minimum absolute atomic E-state index is 0.0954. The van der Waals surface area contributed by atoms with Crippen LogP contribution in [0.2, 0.25) is 5.28 Å². The summed E-state index contributed by atoms with van der Waals surface area (Å²) in [5, 5.41) is 0.168. The van der Waals surface area contributed by atoms with Crippen LogP contribution in [-0.2, 0) is 0 Å². The molecular weight excluding hydrogens is 434 g/mol. The largest absolute Gasteiger partial charge is 0.349 e. The molecule has 1 aliphatic heterocycles. The van der Waals surface area contributed by atoms with Crippen molar-refractivity contribution in [2.45, 2.75) is 19.0 Å². The fourth-order valence-corrected chi connectivity index (χ4v) is 4.60. The van der Waals surface area contributed by atoms with Crippen molar-refractivity contribution in [1.82, 2.24) is 24.8 Å². The van der Waals surface area contributed by atoms with Crippen LogP contribution in [0.25, 0.3) is 11.2 Å². The molecule has 4 aromatic rings. The zero-order valence-corrected chi connectivity index (χ0v) is 18.1. The van der Waals surface area contributed by atoms with Gasteiger partial charge in [-0.15, -0.1) is 0 Å². The Bertz CT molecular complexity index is 1180. The number of hydrogen-bond acceptors (Lipinski definition) is 5. The first-order valence-electron chi connectivity index (χ1n) is 10.4. The highest BCUT2D eigenvalue weighted by molar-refractivity contribution is 6.28. The topological polar surface area (TPSA) is 60.9 Å². The van der Waals surface area contributed by atoms with Gasteiger partial charge in [0.15, 0.2) is 17.0 Å². The number of rotatable bonds is 4. The summed E-state index contributed by atoms with van der Waals surface area (Å²) in [6.07, 6.45) is 1.58. The second-order valence-electron chi connectivity index (χ2n) is 7.96. The van der Waals surface area contributed by atoms with Crippen LogP contribution < -0.4 is 4.90 Å². The number of imidazole rings is 1. The Morgan fingerprint density at radius 1 is 0.969 bits per heavy atom. The highest BCUT2D eigenvalue weighted by Gasteiger charge is 2.32. The van der Waals surface area contributed by atoms with Crippen molar-refractivity contribution >= 4 is 28.6 Å². The van der Waals surface area contributed by atoms with Gasteiger partial charge in [-0.05, 0) is 53.9 Å². The second-order valence-corrected chi connectivity index (χ2v) is 8.30. The first-order valence-corrected chi connectivity index (χ1v) is 10.8. The van der Waals surface area contributed by atoms with Gasteiger partial charge in [0, 0.05) is 25.7 Å². The number of fused-ring (bicyclic) bond motifs is 1. The molecule has 2 aromatic carbocycles. The fourth-order valence-electron chi connectivity index (χ4n) is 4.43. The van der Waals surface area contributed by atoms with Crippen LogP contribution in [0.3, 0.4) is 0 Å². The highest BCUT2D eigenvalue weighted by atomic mass is 35.5. The van der Waals surface area contributed by atoms with Crippen LogP contribution in [0.1, 0.15) is 24.1 Å². The van der Waals surface area contributed by atoms with E-state index in [1.165, 1.54) is 24.3 Å². The first-order chi connectivity index (χ1) is 15.5. The lowest BCUT2D eigenvalue weighted by Crippen LogP contribution is -2.53. The molecule has 0 amide bonds.